The van der Waals surface area contributed by atoms with E-state index in [0.29, 0.717) is 12.8 Å². The van der Waals surface area contributed by atoms with Crippen LogP contribution in [-0.2, 0) is 44.7 Å². The molecule has 0 saturated heterocycles. The first-order chi connectivity index (χ1) is 15.0. The van der Waals surface area contributed by atoms with Gasteiger partial charge in [-0.15, -0.1) is 0 Å². The molecule has 0 unspecified atom stereocenters. The van der Waals surface area contributed by atoms with Crippen LogP contribution in [0.5, 0.6) is 0 Å². The molecule has 172 valence electrons. The van der Waals surface area contributed by atoms with Crippen molar-refractivity contribution in [3.05, 3.63) is 71.8 Å². The van der Waals surface area contributed by atoms with E-state index in [1.807, 2.05) is 74.5 Å². The van der Waals surface area contributed by atoms with E-state index >= 15 is 0 Å². The second kappa shape index (κ2) is 14.0. The Kier molecular flexibility index (Phi) is 11.7. The van der Waals surface area contributed by atoms with Gasteiger partial charge >= 0.3 is 15.6 Å². The van der Waals surface area contributed by atoms with Gasteiger partial charge in [-0.1, -0.05) is 87.4 Å². The van der Waals surface area contributed by atoms with Gasteiger partial charge in [0.05, 0.1) is 26.4 Å². The summed E-state index contributed by atoms with van der Waals surface area (Å²) < 4.78 is 53.9. The molecule has 0 aliphatic carbocycles. The van der Waals surface area contributed by atoms with Crippen molar-refractivity contribution in [1.82, 2.24) is 0 Å². The summed E-state index contributed by atoms with van der Waals surface area (Å²) in [5.74, 6) is 0. The maximum absolute atomic E-state index is 13.4. The zero-order valence-corrected chi connectivity index (χ0v) is 20.0. The molecular formula is C22H32O7P2. The Morgan fingerprint density at radius 3 is 1.39 bits per heavy atom. The Morgan fingerprint density at radius 1 is 0.613 bits per heavy atom. The maximum Gasteiger partial charge on any atom is 0.484 e. The standard InChI is InChI=1S/C22H32O7P2/c1-3-5-17-25-30(23,26-18-6-4-2)29-31(24,27-19-21-13-9-7-10-14-21)28-20-22-15-11-8-12-16-22/h7-16H,3-6,17-20H2,1-2H3. The Balaban J connectivity index is 2.15. The predicted molar refractivity (Wildman–Crippen MR) is 120 cm³/mol. The molecule has 2 aromatic rings. The molecule has 0 aromatic heterocycles. The number of hydrogen-bond acceptors (Lipinski definition) is 7. The molecule has 0 fully saturated rings. The van der Waals surface area contributed by atoms with E-state index in [2.05, 4.69) is 0 Å². The Bertz CT molecular complexity index is 769. The smallest absolute Gasteiger partial charge is 0.287 e. The second-order valence-electron chi connectivity index (χ2n) is 6.87. The van der Waals surface area contributed by atoms with Crippen molar-refractivity contribution in [2.24, 2.45) is 0 Å². The van der Waals surface area contributed by atoms with E-state index in [4.69, 9.17) is 22.4 Å². The first-order valence-electron chi connectivity index (χ1n) is 10.6. The second-order valence-corrected chi connectivity index (χ2v) is 10.3. The van der Waals surface area contributed by atoms with Gasteiger partial charge in [-0.05, 0) is 24.0 Å². The Morgan fingerprint density at radius 2 is 1.00 bits per heavy atom. The molecule has 0 radical (unpaired) electrons. The van der Waals surface area contributed by atoms with E-state index in [-0.39, 0.29) is 26.4 Å². The lowest BCUT2D eigenvalue weighted by molar-refractivity contribution is 0.101. The van der Waals surface area contributed by atoms with E-state index < -0.39 is 15.6 Å². The molecule has 0 aliphatic rings. The van der Waals surface area contributed by atoms with Crippen molar-refractivity contribution in [3.63, 3.8) is 0 Å². The molecule has 0 atom stereocenters. The summed E-state index contributed by atoms with van der Waals surface area (Å²) in [6.07, 6.45) is 2.98. The quantitative estimate of drug-likeness (QED) is 0.188. The first-order valence-corrected chi connectivity index (χ1v) is 13.5. The van der Waals surface area contributed by atoms with Gasteiger partial charge in [0, 0.05) is 0 Å². The molecule has 0 aliphatic heterocycles. The minimum atomic E-state index is -4.28. The number of phosphoric ester groups is 2. The van der Waals surface area contributed by atoms with Gasteiger partial charge in [-0.25, -0.2) is 9.13 Å². The summed E-state index contributed by atoms with van der Waals surface area (Å²) >= 11 is 0. The summed E-state index contributed by atoms with van der Waals surface area (Å²) in [6.45, 7) is 4.16. The van der Waals surface area contributed by atoms with Crippen LogP contribution in [0.25, 0.3) is 0 Å². The zero-order chi connectivity index (χ0) is 22.4. The average Bonchev–Trinajstić information content (AvgIpc) is 2.78. The fourth-order valence-electron chi connectivity index (χ4n) is 2.39. The number of rotatable bonds is 16. The lowest BCUT2D eigenvalue weighted by atomic mass is 10.2. The van der Waals surface area contributed by atoms with Crippen molar-refractivity contribution in [2.45, 2.75) is 52.7 Å². The number of unbranched alkanes of at least 4 members (excludes halogenated alkanes) is 2. The van der Waals surface area contributed by atoms with Crippen LogP contribution in [0.2, 0.25) is 0 Å². The predicted octanol–water partition coefficient (Wildman–Crippen LogP) is 7.29. The van der Waals surface area contributed by atoms with Gasteiger partial charge < -0.3 is 0 Å². The van der Waals surface area contributed by atoms with E-state index in [9.17, 15) is 9.13 Å². The van der Waals surface area contributed by atoms with Crippen LogP contribution < -0.4 is 0 Å². The fourth-order valence-corrected chi connectivity index (χ4v) is 5.59. The minimum Gasteiger partial charge on any atom is -0.287 e. The summed E-state index contributed by atoms with van der Waals surface area (Å²) in [5.41, 5.74) is 1.53. The topological polar surface area (TPSA) is 80.3 Å². The lowest BCUT2D eigenvalue weighted by Gasteiger charge is -2.23. The number of benzene rings is 2. The third-order valence-corrected chi connectivity index (χ3v) is 7.65. The Labute approximate surface area is 185 Å². The van der Waals surface area contributed by atoms with Gasteiger partial charge in [-0.3, -0.25) is 18.1 Å². The van der Waals surface area contributed by atoms with Crippen molar-refractivity contribution in [3.8, 4) is 0 Å². The van der Waals surface area contributed by atoms with Crippen LogP contribution in [-0.4, -0.2) is 13.2 Å². The third kappa shape index (κ3) is 10.2. The van der Waals surface area contributed by atoms with Crippen molar-refractivity contribution in [1.29, 1.82) is 0 Å². The van der Waals surface area contributed by atoms with Gasteiger partial charge in [0.15, 0.2) is 0 Å². The van der Waals surface area contributed by atoms with Crippen molar-refractivity contribution >= 4 is 15.6 Å². The molecule has 0 spiro atoms. The van der Waals surface area contributed by atoms with Crippen LogP contribution in [0.15, 0.2) is 60.7 Å². The molecular weight excluding hydrogens is 438 g/mol. The van der Waals surface area contributed by atoms with Gasteiger partial charge in [0.25, 0.3) is 0 Å². The fraction of sp³-hybridized carbons (Fsp3) is 0.455. The van der Waals surface area contributed by atoms with Crippen LogP contribution in [0, 0.1) is 0 Å². The molecule has 7 nitrogen and oxygen atoms in total. The summed E-state index contributed by atoms with van der Waals surface area (Å²) in [4.78, 5) is 0. The van der Waals surface area contributed by atoms with Gasteiger partial charge in [0.1, 0.15) is 0 Å². The largest absolute Gasteiger partial charge is 0.484 e. The van der Waals surface area contributed by atoms with Gasteiger partial charge in [0.2, 0.25) is 0 Å². The van der Waals surface area contributed by atoms with E-state index in [1.165, 1.54) is 0 Å². The SMILES string of the molecule is CCCCOP(=O)(OCCCC)OP(=O)(OCc1ccccc1)OCc1ccccc1. The van der Waals surface area contributed by atoms with Crippen molar-refractivity contribution < 1.29 is 31.5 Å². The van der Waals surface area contributed by atoms with E-state index in [0.717, 1.165) is 24.0 Å². The van der Waals surface area contributed by atoms with Crippen LogP contribution in [0.1, 0.15) is 50.7 Å². The molecule has 0 saturated carbocycles. The van der Waals surface area contributed by atoms with Crippen molar-refractivity contribution in [2.75, 3.05) is 13.2 Å². The highest BCUT2D eigenvalue weighted by Crippen LogP contribution is 2.66. The highest BCUT2D eigenvalue weighted by atomic mass is 31.3. The summed E-state index contributed by atoms with van der Waals surface area (Å²) in [6, 6.07) is 18.3. The third-order valence-electron chi connectivity index (χ3n) is 4.16. The highest BCUT2D eigenvalue weighted by Gasteiger charge is 2.40. The molecule has 2 rings (SSSR count). The highest BCUT2D eigenvalue weighted by molar-refractivity contribution is 7.62. The molecule has 0 bridgehead atoms. The molecule has 9 heteroatoms. The average molecular weight is 470 g/mol. The molecule has 0 N–H and O–H groups in total. The molecule has 2 aromatic carbocycles. The van der Waals surface area contributed by atoms with Crippen LogP contribution in [0.3, 0.4) is 0 Å². The minimum absolute atomic E-state index is 0.0448. The molecule has 31 heavy (non-hydrogen) atoms. The number of phosphoric acid groups is 2. The summed E-state index contributed by atoms with van der Waals surface area (Å²) in [5, 5.41) is 0. The van der Waals surface area contributed by atoms with E-state index in [1.54, 1.807) is 0 Å². The monoisotopic (exact) mass is 470 g/mol. The maximum atomic E-state index is 13.4. The Hall–Kier alpha value is -1.30. The first kappa shape index (κ1) is 26.0. The molecule has 0 heterocycles. The molecule has 0 amide bonds. The van der Waals surface area contributed by atoms with Crippen LogP contribution in [0.4, 0.5) is 0 Å². The number of hydrogen-bond donors (Lipinski definition) is 0. The summed E-state index contributed by atoms with van der Waals surface area (Å²) in [7, 11) is -8.44. The lowest BCUT2D eigenvalue weighted by Crippen LogP contribution is -2.06. The zero-order valence-electron chi connectivity index (χ0n) is 18.2. The van der Waals surface area contributed by atoms with Crippen LogP contribution >= 0.6 is 15.6 Å². The van der Waals surface area contributed by atoms with Gasteiger partial charge in [-0.2, -0.15) is 4.31 Å². The normalized spacial score (nSPS) is 12.2.